The number of benzene rings is 2. The van der Waals surface area contributed by atoms with E-state index in [9.17, 15) is 4.79 Å². The second-order valence-electron chi connectivity index (χ2n) is 6.49. The summed E-state index contributed by atoms with van der Waals surface area (Å²) in [5, 5.41) is 12.1. The van der Waals surface area contributed by atoms with E-state index in [0.29, 0.717) is 43.0 Å². The predicted octanol–water partition coefficient (Wildman–Crippen LogP) is 6.30. The van der Waals surface area contributed by atoms with E-state index in [4.69, 9.17) is 27.6 Å². The molecule has 0 radical (unpaired) electrons. The quantitative estimate of drug-likeness (QED) is 0.293. The van der Waals surface area contributed by atoms with Crippen LogP contribution in [-0.4, -0.2) is 20.2 Å². The van der Waals surface area contributed by atoms with Crippen molar-refractivity contribution in [3.05, 3.63) is 80.1 Å². The van der Waals surface area contributed by atoms with Crippen molar-refractivity contribution in [1.29, 1.82) is 0 Å². The molecular weight excluding hydrogens is 475 g/mol. The fourth-order valence-electron chi connectivity index (χ4n) is 3.08. The first-order chi connectivity index (χ1) is 15.1. The van der Waals surface area contributed by atoms with Gasteiger partial charge in [-0.1, -0.05) is 59.2 Å². The molecule has 0 saturated heterocycles. The summed E-state index contributed by atoms with van der Waals surface area (Å²) in [5.74, 6) is 1.28. The van der Waals surface area contributed by atoms with Crippen molar-refractivity contribution in [2.45, 2.75) is 11.0 Å². The number of aromatic amines is 1. The van der Waals surface area contributed by atoms with E-state index in [-0.39, 0.29) is 5.56 Å². The van der Waals surface area contributed by atoms with E-state index in [0.717, 1.165) is 16.7 Å². The fourth-order valence-corrected chi connectivity index (χ4v) is 5.09. The zero-order valence-corrected chi connectivity index (χ0v) is 18.8. The van der Waals surface area contributed by atoms with Gasteiger partial charge >= 0.3 is 0 Å². The number of hydrogen-bond acceptors (Lipinski definition) is 7. The summed E-state index contributed by atoms with van der Waals surface area (Å²) in [4.78, 5) is 20.9. The van der Waals surface area contributed by atoms with Crippen molar-refractivity contribution in [2.24, 2.45) is 0 Å². The molecule has 1 N–H and O–H groups in total. The number of fused-ring (bicyclic) bond motifs is 1. The molecule has 6 nitrogen and oxygen atoms in total. The average molecular weight is 487 g/mol. The molecular formula is C21H12Cl2N4O2S2. The van der Waals surface area contributed by atoms with Gasteiger partial charge in [-0.05, 0) is 24.3 Å². The summed E-state index contributed by atoms with van der Waals surface area (Å²) < 4.78 is 5.69. The molecule has 0 spiro atoms. The Bertz CT molecular complexity index is 1460. The van der Waals surface area contributed by atoms with Crippen LogP contribution in [0, 0.1) is 0 Å². The number of aromatic nitrogens is 4. The lowest BCUT2D eigenvalue weighted by Gasteiger charge is -2.03. The Morgan fingerprint density at radius 3 is 2.77 bits per heavy atom. The zero-order chi connectivity index (χ0) is 21.4. The molecule has 2 aromatic carbocycles. The third kappa shape index (κ3) is 4.12. The van der Waals surface area contributed by atoms with Gasteiger partial charge in [0.1, 0.15) is 10.7 Å². The number of halogens is 2. The molecule has 0 fully saturated rings. The maximum absolute atomic E-state index is 12.8. The van der Waals surface area contributed by atoms with Crippen molar-refractivity contribution in [3.63, 3.8) is 0 Å². The van der Waals surface area contributed by atoms with E-state index in [1.807, 2.05) is 35.7 Å². The minimum absolute atomic E-state index is 0.207. The van der Waals surface area contributed by atoms with E-state index in [1.165, 1.54) is 23.1 Å². The molecule has 5 rings (SSSR count). The Kier molecular flexibility index (Phi) is 5.54. The smallest absolute Gasteiger partial charge is 0.277 e. The lowest BCUT2D eigenvalue weighted by atomic mass is 10.1. The summed E-state index contributed by atoms with van der Waals surface area (Å²) in [7, 11) is 0. The molecule has 154 valence electrons. The largest absolute Gasteiger partial charge is 0.411 e. The molecule has 0 aliphatic heterocycles. The number of nitrogens with zero attached hydrogens (tertiary/aromatic N) is 3. The second kappa shape index (κ2) is 8.47. The maximum atomic E-state index is 12.8. The van der Waals surface area contributed by atoms with Crippen molar-refractivity contribution in [1.82, 2.24) is 20.2 Å². The highest BCUT2D eigenvalue weighted by Crippen LogP contribution is 2.35. The summed E-state index contributed by atoms with van der Waals surface area (Å²) in [6, 6.07) is 14.6. The third-order valence-electron chi connectivity index (χ3n) is 4.47. The first-order valence-electron chi connectivity index (χ1n) is 9.06. The van der Waals surface area contributed by atoms with Gasteiger partial charge in [0, 0.05) is 32.1 Å². The van der Waals surface area contributed by atoms with Gasteiger partial charge in [-0.3, -0.25) is 4.79 Å². The first kappa shape index (κ1) is 20.3. The van der Waals surface area contributed by atoms with Crippen molar-refractivity contribution < 1.29 is 4.42 Å². The number of hydrogen-bond donors (Lipinski definition) is 1. The molecule has 0 atom stereocenters. The summed E-state index contributed by atoms with van der Waals surface area (Å²) in [5.41, 5.74) is 2.12. The molecule has 3 aromatic heterocycles. The van der Waals surface area contributed by atoms with Gasteiger partial charge in [-0.25, -0.2) is 4.98 Å². The van der Waals surface area contributed by atoms with Crippen molar-refractivity contribution in [2.75, 3.05) is 0 Å². The maximum Gasteiger partial charge on any atom is 0.277 e. The van der Waals surface area contributed by atoms with Gasteiger partial charge in [-0.15, -0.1) is 21.5 Å². The topological polar surface area (TPSA) is 84.7 Å². The summed E-state index contributed by atoms with van der Waals surface area (Å²) >= 11 is 15.0. The van der Waals surface area contributed by atoms with Crippen LogP contribution in [0.3, 0.4) is 0 Å². The molecule has 0 bridgehead atoms. The average Bonchev–Trinajstić information content (AvgIpc) is 3.40. The predicted molar refractivity (Wildman–Crippen MR) is 125 cm³/mol. The highest BCUT2D eigenvalue weighted by molar-refractivity contribution is 7.98. The normalized spacial score (nSPS) is 11.3. The standard InChI is InChI=1S/C21H12Cl2N4O2S2/c22-12-5-3-4-11(8-12)19-26-27-21(29-19)31-10-16-24-18(28)17-14(9-30-20(17)25-16)13-6-1-2-7-15(13)23/h1-9H,10H2,(H,24,25,28). The summed E-state index contributed by atoms with van der Waals surface area (Å²) in [6.45, 7) is 0. The van der Waals surface area contributed by atoms with Gasteiger partial charge < -0.3 is 9.40 Å². The second-order valence-corrected chi connectivity index (χ2v) is 9.12. The van der Waals surface area contributed by atoms with Crippen LogP contribution in [0.4, 0.5) is 0 Å². The number of rotatable bonds is 5. The monoisotopic (exact) mass is 486 g/mol. The highest BCUT2D eigenvalue weighted by atomic mass is 35.5. The molecule has 31 heavy (non-hydrogen) atoms. The van der Waals surface area contributed by atoms with Gasteiger partial charge in [0.15, 0.2) is 0 Å². The van der Waals surface area contributed by atoms with E-state index < -0.39 is 0 Å². The van der Waals surface area contributed by atoms with Gasteiger partial charge in [0.25, 0.3) is 10.8 Å². The minimum Gasteiger partial charge on any atom is -0.411 e. The fraction of sp³-hybridized carbons (Fsp3) is 0.0476. The van der Waals surface area contributed by atoms with E-state index >= 15 is 0 Å². The zero-order valence-electron chi connectivity index (χ0n) is 15.6. The number of nitrogens with one attached hydrogen (secondary N) is 1. The lowest BCUT2D eigenvalue weighted by Crippen LogP contribution is -2.10. The van der Waals surface area contributed by atoms with Crippen LogP contribution in [0.25, 0.3) is 32.8 Å². The highest BCUT2D eigenvalue weighted by Gasteiger charge is 2.16. The lowest BCUT2D eigenvalue weighted by molar-refractivity contribution is 0.465. The molecule has 0 saturated carbocycles. The van der Waals surface area contributed by atoms with Crippen molar-refractivity contribution in [3.8, 4) is 22.6 Å². The molecule has 0 unspecified atom stereocenters. The van der Waals surface area contributed by atoms with Crippen LogP contribution in [0.1, 0.15) is 5.82 Å². The van der Waals surface area contributed by atoms with Crippen LogP contribution in [-0.2, 0) is 5.75 Å². The van der Waals surface area contributed by atoms with Crippen LogP contribution < -0.4 is 5.56 Å². The van der Waals surface area contributed by atoms with Crippen LogP contribution in [0.5, 0.6) is 0 Å². The van der Waals surface area contributed by atoms with E-state index in [2.05, 4.69) is 20.2 Å². The Morgan fingerprint density at radius 2 is 1.94 bits per heavy atom. The number of thioether (sulfide) groups is 1. The molecule has 0 aliphatic carbocycles. The number of H-pyrrole nitrogens is 1. The molecule has 0 aliphatic rings. The Morgan fingerprint density at radius 1 is 1.06 bits per heavy atom. The van der Waals surface area contributed by atoms with Gasteiger partial charge in [0.05, 0.1) is 11.1 Å². The Labute approximate surface area is 194 Å². The third-order valence-corrected chi connectivity index (χ3v) is 6.73. The van der Waals surface area contributed by atoms with Crippen LogP contribution in [0.2, 0.25) is 10.0 Å². The van der Waals surface area contributed by atoms with Crippen molar-refractivity contribution >= 4 is 56.5 Å². The molecule has 10 heteroatoms. The van der Waals surface area contributed by atoms with Crippen LogP contribution >= 0.6 is 46.3 Å². The Balaban J connectivity index is 1.39. The van der Waals surface area contributed by atoms with E-state index in [1.54, 1.807) is 18.2 Å². The van der Waals surface area contributed by atoms with Gasteiger partial charge in [-0.2, -0.15) is 0 Å². The van der Waals surface area contributed by atoms with Crippen LogP contribution in [0.15, 0.2) is 68.3 Å². The molecule has 5 aromatic rings. The number of thiophene rings is 1. The summed E-state index contributed by atoms with van der Waals surface area (Å²) in [6.07, 6.45) is 0. The molecule has 3 heterocycles. The minimum atomic E-state index is -0.207. The molecule has 0 amide bonds. The SMILES string of the molecule is O=c1[nH]c(CSc2nnc(-c3cccc(Cl)c3)o2)nc2scc(-c3ccccc3Cl)c12. The Hall–Kier alpha value is -2.65. The first-order valence-corrected chi connectivity index (χ1v) is 11.7. The van der Waals surface area contributed by atoms with Gasteiger partial charge in [0.2, 0.25) is 5.89 Å².